The van der Waals surface area contributed by atoms with Crippen molar-refractivity contribution in [2.24, 2.45) is 0 Å². The van der Waals surface area contributed by atoms with Crippen molar-refractivity contribution in [1.82, 2.24) is 0 Å². The van der Waals surface area contributed by atoms with Crippen LogP contribution < -0.4 is 0 Å². The Hall–Kier alpha value is -4.71. The number of unbranched alkanes of at least 4 members (excludes halogenated alkanes) is 14. The Morgan fingerprint density at radius 2 is 0.535 bits per heavy atom. The third kappa shape index (κ3) is 56.1. The lowest BCUT2D eigenvalue weighted by Crippen LogP contribution is -2.30. The van der Waals surface area contributed by atoms with Crippen LogP contribution in [0.3, 0.4) is 0 Å². The molecule has 0 aliphatic rings. The normalized spacial score (nSPS) is 13.2. The molecule has 0 N–H and O–H groups in total. The monoisotopic (exact) mass is 979 g/mol. The molecule has 0 bridgehead atoms. The second-order valence-electron chi connectivity index (χ2n) is 18.0. The summed E-state index contributed by atoms with van der Waals surface area (Å²) in [6.45, 7) is 6.20. The number of carbonyl (C=O) groups excluding carboxylic acids is 3. The van der Waals surface area contributed by atoms with E-state index in [0.717, 1.165) is 135 Å². The molecule has 0 rings (SSSR count). The molecule has 0 aromatic carbocycles. The quantitative estimate of drug-likeness (QED) is 0.0262. The van der Waals surface area contributed by atoms with Gasteiger partial charge < -0.3 is 14.2 Å². The van der Waals surface area contributed by atoms with Crippen LogP contribution in [0, 0.1) is 0 Å². The van der Waals surface area contributed by atoms with Gasteiger partial charge in [0.15, 0.2) is 6.10 Å². The molecule has 0 spiro atoms. The van der Waals surface area contributed by atoms with Crippen LogP contribution in [0.15, 0.2) is 146 Å². The van der Waals surface area contributed by atoms with Gasteiger partial charge in [-0.25, -0.2) is 0 Å². The van der Waals surface area contributed by atoms with E-state index in [1.54, 1.807) is 0 Å². The van der Waals surface area contributed by atoms with Crippen molar-refractivity contribution in [3.8, 4) is 0 Å². The summed E-state index contributed by atoms with van der Waals surface area (Å²) in [6.07, 6.45) is 82.8. The highest BCUT2D eigenvalue weighted by Crippen LogP contribution is 2.14. The van der Waals surface area contributed by atoms with Gasteiger partial charge in [0, 0.05) is 19.3 Å². The average Bonchev–Trinajstić information content (AvgIpc) is 3.37. The summed E-state index contributed by atoms with van der Waals surface area (Å²) < 4.78 is 16.8. The van der Waals surface area contributed by atoms with Crippen LogP contribution >= 0.6 is 0 Å². The summed E-state index contributed by atoms with van der Waals surface area (Å²) >= 11 is 0. The Kier molecular flexibility index (Phi) is 54.0. The number of carbonyl (C=O) groups is 3. The first-order chi connectivity index (χ1) is 35.0. The molecular weight excluding hydrogens is 877 g/mol. The van der Waals surface area contributed by atoms with Gasteiger partial charge in [-0.1, -0.05) is 231 Å². The molecule has 0 amide bonds. The van der Waals surface area contributed by atoms with Crippen molar-refractivity contribution >= 4 is 17.9 Å². The number of esters is 3. The number of hydrogen-bond donors (Lipinski definition) is 0. The summed E-state index contributed by atoms with van der Waals surface area (Å²) in [5.41, 5.74) is 0. The van der Waals surface area contributed by atoms with Gasteiger partial charge in [-0.2, -0.15) is 0 Å². The fraction of sp³-hybridized carbons (Fsp3) is 0.585. The van der Waals surface area contributed by atoms with Gasteiger partial charge >= 0.3 is 17.9 Å². The zero-order valence-electron chi connectivity index (χ0n) is 45.4. The van der Waals surface area contributed by atoms with E-state index in [-0.39, 0.29) is 37.5 Å². The minimum Gasteiger partial charge on any atom is -0.462 e. The fourth-order valence-electron chi connectivity index (χ4n) is 7.20. The van der Waals surface area contributed by atoms with Gasteiger partial charge in [-0.05, 0) is 122 Å². The van der Waals surface area contributed by atoms with Gasteiger partial charge in [0.2, 0.25) is 0 Å². The van der Waals surface area contributed by atoms with Crippen LogP contribution in [-0.2, 0) is 28.6 Å². The molecule has 0 aromatic rings. The highest BCUT2D eigenvalue weighted by Gasteiger charge is 2.19. The van der Waals surface area contributed by atoms with Crippen molar-refractivity contribution < 1.29 is 28.6 Å². The molecule has 0 fully saturated rings. The van der Waals surface area contributed by atoms with Gasteiger partial charge in [0.25, 0.3) is 0 Å². The number of rotatable bonds is 49. The third-order valence-electron chi connectivity index (χ3n) is 11.3. The molecule has 1 unspecified atom stereocenters. The first kappa shape index (κ1) is 66.3. The van der Waals surface area contributed by atoms with Crippen molar-refractivity contribution in [3.05, 3.63) is 146 Å². The molecule has 71 heavy (non-hydrogen) atoms. The summed E-state index contributed by atoms with van der Waals surface area (Å²) in [6, 6.07) is 0. The number of ether oxygens (including phenoxy) is 3. The van der Waals surface area contributed by atoms with Crippen molar-refractivity contribution in [2.45, 2.75) is 232 Å². The molecule has 0 aliphatic carbocycles. The molecule has 0 aromatic heterocycles. The first-order valence-corrected chi connectivity index (χ1v) is 28.3. The Balaban J connectivity index is 4.47. The Bertz CT molecular complexity index is 1590. The maximum atomic E-state index is 12.8. The number of allylic oxidation sites excluding steroid dienone is 24. The molecule has 0 saturated carbocycles. The lowest BCUT2D eigenvalue weighted by Gasteiger charge is -2.18. The maximum Gasteiger partial charge on any atom is 0.306 e. The maximum absolute atomic E-state index is 12.8. The fourth-order valence-corrected chi connectivity index (χ4v) is 7.20. The highest BCUT2D eigenvalue weighted by atomic mass is 16.6. The van der Waals surface area contributed by atoms with Crippen LogP contribution in [0.1, 0.15) is 226 Å². The van der Waals surface area contributed by atoms with Gasteiger partial charge in [0.05, 0.1) is 0 Å². The van der Waals surface area contributed by atoms with Gasteiger partial charge in [0.1, 0.15) is 13.2 Å². The molecule has 6 nitrogen and oxygen atoms in total. The van der Waals surface area contributed by atoms with Crippen molar-refractivity contribution in [1.29, 1.82) is 0 Å². The lowest BCUT2D eigenvalue weighted by atomic mass is 10.1. The smallest absolute Gasteiger partial charge is 0.306 e. The van der Waals surface area contributed by atoms with E-state index < -0.39 is 6.10 Å². The third-order valence-corrected chi connectivity index (χ3v) is 11.3. The zero-order valence-corrected chi connectivity index (χ0v) is 45.4. The topological polar surface area (TPSA) is 78.9 Å². The van der Waals surface area contributed by atoms with E-state index in [2.05, 4.69) is 154 Å². The molecule has 0 radical (unpaired) electrons. The van der Waals surface area contributed by atoms with E-state index in [0.29, 0.717) is 19.3 Å². The SMILES string of the molecule is CC/C=C\C/C=C\C/C=C\C/C=C\C/C=C\CCCCCCCCCC(=O)OCC(COC(=O)CC/C=C\C/C=C\C/C=C\C/C=C\CC)OC(=O)CCCCCCCCC/C=C\C/C=C\C/C=C\CC. The molecule has 0 saturated heterocycles. The summed E-state index contributed by atoms with van der Waals surface area (Å²) in [5, 5.41) is 0. The molecule has 6 heteroatoms. The molecule has 0 aliphatic heterocycles. The first-order valence-electron chi connectivity index (χ1n) is 28.3. The predicted molar refractivity (Wildman–Crippen MR) is 306 cm³/mol. The van der Waals surface area contributed by atoms with Crippen molar-refractivity contribution in [2.75, 3.05) is 13.2 Å². The van der Waals surface area contributed by atoms with E-state index in [4.69, 9.17) is 14.2 Å². The zero-order chi connectivity index (χ0) is 51.4. The Labute approximate surface area is 436 Å². The minimum absolute atomic E-state index is 0.116. The van der Waals surface area contributed by atoms with E-state index in [1.165, 1.54) is 44.9 Å². The Morgan fingerprint density at radius 3 is 0.873 bits per heavy atom. The number of hydrogen-bond acceptors (Lipinski definition) is 6. The molecule has 398 valence electrons. The predicted octanol–water partition coefficient (Wildman–Crippen LogP) is 19.2. The molecule has 0 heterocycles. The van der Waals surface area contributed by atoms with E-state index in [9.17, 15) is 14.4 Å². The second-order valence-corrected chi connectivity index (χ2v) is 18.0. The minimum atomic E-state index is -0.824. The summed E-state index contributed by atoms with van der Waals surface area (Å²) in [4.78, 5) is 38.1. The lowest BCUT2D eigenvalue weighted by molar-refractivity contribution is -0.166. The van der Waals surface area contributed by atoms with Crippen LogP contribution in [-0.4, -0.2) is 37.2 Å². The summed E-state index contributed by atoms with van der Waals surface area (Å²) in [7, 11) is 0. The van der Waals surface area contributed by atoms with Crippen molar-refractivity contribution in [3.63, 3.8) is 0 Å². The molecular formula is C65H102O6. The van der Waals surface area contributed by atoms with Crippen LogP contribution in [0.2, 0.25) is 0 Å². The van der Waals surface area contributed by atoms with Crippen LogP contribution in [0.5, 0.6) is 0 Å². The van der Waals surface area contributed by atoms with E-state index >= 15 is 0 Å². The highest BCUT2D eigenvalue weighted by molar-refractivity contribution is 5.71. The van der Waals surface area contributed by atoms with Gasteiger partial charge in [-0.3, -0.25) is 14.4 Å². The van der Waals surface area contributed by atoms with Crippen LogP contribution in [0.4, 0.5) is 0 Å². The standard InChI is InChI=1S/C65H102O6/c1-4-7-10-13-16-19-22-25-27-29-30-31-32-33-34-36-37-40-43-46-49-52-55-58-64(67)70-61-62(60-69-63(66)57-54-51-48-45-42-39-24-21-18-15-12-9-6-3)71-65(68)59-56-53-50-47-44-41-38-35-28-26-23-20-17-14-11-8-5-2/h7-12,16-21,25-28,30-31,33-34,39,42,48,51,62H,4-6,13-15,22-24,29,32,35-38,40-41,43-47,49-50,52-61H2,1-3H3/b10-7-,11-8-,12-9-,19-16-,20-17-,21-18-,27-25-,28-26-,31-30-,34-33-,42-39-,51-48-. The summed E-state index contributed by atoms with van der Waals surface area (Å²) in [5.74, 6) is -1.03. The van der Waals surface area contributed by atoms with Crippen LogP contribution in [0.25, 0.3) is 0 Å². The largest absolute Gasteiger partial charge is 0.462 e. The Morgan fingerprint density at radius 1 is 0.282 bits per heavy atom. The molecule has 1 atom stereocenters. The van der Waals surface area contributed by atoms with Gasteiger partial charge in [-0.15, -0.1) is 0 Å². The van der Waals surface area contributed by atoms with E-state index in [1.807, 2.05) is 12.2 Å². The average molecular weight is 980 g/mol. The second kappa shape index (κ2) is 57.9.